The predicted octanol–water partition coefficient (Wildman–Crippen LogP) is 0.524. The Hall–Kier alpha value is -0.380. The molecule has 1 heterocycles. The van der Waals surface area contributed by atoms with Gasteiger partial charge in [0.15, 0.2) is 0 Å². The molecule has 0 bridgehead atoms. The van der Waals surface area contributed by atoms with E-state index in [2.05, 4.69) is 0 Å². The van der Waals surface area contributed by atoms with Crippen LogP contribution >= 0.6 is 7.60 Å². The zero-order chi connectivity index (χ0) is 9.90. The van der Waals surface area contributed by atoms with E-state index in [1.165, 1.54) is 4.90 Å². The lowest BCUT2D eigenvalue weighted by atomic mass is 10.2. The van der Waals surface area contributed by atoms with Crippen LogP contribution in [0.1, 0.15) is 25.7 Å². The standard InChI is InChI=1S/C7H14NO4P/c9-7-4-2-1-3-5-8(7)6-13(10,11)12/h1-6H2,(H2,10,11,12). The van der Waals surface area contributed by atoms with Gasteiger partial charge in [0.05, 0.1) is 0 Å². The van der Waals surface area contributed by atoms with Gasteiger partial charge in [-0.05, 0) is 12.8 Å². The Morgan fingerprint density at radius 1 is 1.31 bits per heavy atom. The normalized spacial score (nSPS) is 20.2. The molecular formula is C7H14NO4P. The first-order valence-electron chi connectivity index (χ1n) is 4.31. The fraction of sp³-hybridized carbons (Fsp3) is 0.857. The van der Waals surface area contributed by atoms with E-state index >= 15 is 0 Å². The van der Waals surface area contributed by atoms with Crippen molar-refractivity contribution in [3.8, 4) is 0 Å². The molecule has 0 aromatic carbocycles. The Balaban J connectivity index is 2.55. The van der Waals surface area contributed by atoms with Gasteiger partial charge in [0.1, 0.15) is 6.29 Å². The fourth-order valence-corrected chi connectivity index (χ4v) is 2.15. The summed E-state index contributed by atoms with van der Waals surface area (Å²) in [4.78, 5) is 29.9. The minimum absolute atomic E-state index is 0.138. The summed E-state index contributed by atoms with van der Waals surface area (Å²) in [7, 11) is -4.09. The van der Waals surface area contributed by atoms with E-state index in [0.29, 0.717) is 13.0 Å². The third-order valence-corrected chi connectivity index (χ3v) is 2.74. The summed E-state index contributed by atoms with van der Waals surface area (Å²) in [5.74, 6) is -0.138. The van der Waals surface area contributed by atoms with Crippen LogP contribution in [0.25, 0.3) is 0 Å². The number of amides is 1. The molecule has 1 amide bonds. The molecule has 13 heavy (non-hydrogen) atoms. The first-order chi connectivity index (χ1) is 5.99. The van der Waals surface area contributed by atoms with Gasteiger partial charge < -0.3 is 14.7 Å². The predicted molar refractivity (Wildman–Crippen MR) is 47.1 cm³/mol. The summed E-state index contributed by atoms with van der Waals surface area (Å²) in [6, 6.07) is 0. The maximum Gasteiger partial charge on any atom is 0.344 e. The summed E-state index contributed by atoms with van der Waals surface area (Å²) in [6.45, 7) is 0.476. The largest absolute Gasteiger partial charge is 0.344 e. The van der Waals surface area contributed by atoms with Crippen LogP contribution in [0.4, 0.5) is 0 Å². The molecule has 0 unspecified atom stereocenters. The summed E-state index contributed by atoms with van der Waals surface area (Å²) >= 11 is 0. The van der Waals surface area contributed by atoms with Crippen LogP contribution in [-0.4, -0.2) is 33.4 Å². The third-order valence-electron chi connectivity index (χ3n) is 2.03. The molecular weight excluding hydrogens is 193 g/mol. The number of hydrogen-bond donors (Lipinski definition) is 2. The first kappa shape index (κ1) is 10.7. The van der Waals surface area contributed by atoms with Crippen LogP contribution in [0.3, 0.4) is 0 Å². The van der Waals surface area contributed by atoms with E-state index in [4.69, 9.17) is 9.79 Å². The SMILES string of the molecule is O=C1CCCCCN1CP(=O)(O)O. The molecule has 76 valence electrons. The van der Waals surface area contributed by atoms with Gasteiger partial charge >= 0.3 is 7.60 Å². The highest BCUT2D eigenvalue weighted by molar-refractivity contribution is 7.51. The highest BCUT2D eigenvalue weighted by Gasteiger charge is 2.24. The number of nitrogens with zero attached hydrogens (tertiary/aromatic N) is 1. The lowest BCUT2D eigenvalue weighted by molar-refractivity contribution is -0.130. The maximum atomic E-state index is 11.3. The van der Waals surface area contributed by atoms with Gasteiger partial charge in [0, 0.05) is 13.0 Å². The topological polar surface area (TPSA) is 77.8 Å². The quantitative estimate of drug-likeness (QED) is 0.647. The van der Waals surface area contributed by atoms with Gasteiger partial charge in [-0.15, -0.1) is 0 Å². The number of hydrogen-bond acceptors (Lipinski definition) is 2. The number of rotatable bonds is 2. The second-order valence-electron chi connectivity index (χ2n) is 3.27. The molecule has 0 spiro atoms. The molecule has 6 heteroatoms. The lowest BCUT2D eigenvalue weighted by Crippen LogP contribution is -2.31. The third kappa shape index (κ3) is 3.89. The van der Waals surface area contributed by atoms with E-state index in [-0.39, 0.29) is 5.91 Å². The summed E-state index contributed by atoms with van der Waals surface area (Å²) < 4.78 is 10.7. The fourth-order valence-electron chi connectivity index (χ4n) is 1.41. The smallest absolute Gasteiger partial charge is 0.331 e. The Kier molecular flexibility index (Phi) is 3.47. The van der Waals surface area contributed by atoms with Gasteiger partial charge in [0.2, 0.25) is 5.91 Å². The molecule has 5 nitrogen and oxygen atoms in total. The summed E-state index contributed by atoms with van der Waals surface area (Å²) in [6.07, 6.45) is 2.62. The minimum Gasteiger partial charge on any atom is -0.331 e. The van der Waals surface area contributed by atoms with E-state index in [1.807, 2.05) is 0 Å². The van der Waals surface area contributed by atoms with Crippen LogP contribution in [0.15, 0.2) is 0 Å². The van der Waals surface area contributed by atoms with E-state index in [1.54, 1.807) is 0 Å². The van der Waals surface area contributed by atoms with Crippen LogP contribution < -0.4 is 0 Å². The van der Waals surface area contributed by atoms with Crippen LogP contribution in [0.2, 0.25) is 0 Å². The Morgan fingerprint density at radius 3 is 2.62 bits per heavy atom. The average molecular weight is 207 g/mol. The molecule has 1 saturated heterocycles. The molecule has 0 atom stereocenters. The van der Waals surface area contributed by atoms with Crippen molar-refractivity contribution in [3.05, 3.63) is 0 Å². The Bertz CT molecular complexity index is 237. The zero-order valence-corrected chi connectivity index (χ0v) is 8.24. The molecule has 0 aromatic rings. The average Bonchev–Trinajstić information content (AvgIpc) is 2.14. The molecule has 1 rings (SSSR count). The van der Waals surface area contributed by atoms with E-state index in [0.717, 1.165) is 19.3 Å². The monoisotopic (exact) mass is 207 g/mol. The highest BCUT2D eigenvalue weighted by atomic mass is 31.2. The second kappa shape index (κ2) is 4.22. The van der Waals surface area contributed by atoms with Crippen LogP contribution in [0, 0.1) is 0 Å². The molecule has 0 aromatic heterocycles. The maximum absolute atomic E-state index is 11.3. The van der Waals surface area contributed by atoms with E-state index < -0.39 is 13.9 Å². The number of carbonyl (C=O) groups is 1. The Labute approximate surface area is 76.9 Å². The van der Waals surface area contributed by atoms with Gasteiger partial charge in [-0.3, -0.25) is 9.36 Å². The first-order valence-corrected chi connectivity index (χ1v) is 6.11. The van der Waals surface area contributed by atoms with Crippen LogP contribution in [0.5, 0.6) is 0 Å². The van der Waals surface area contributed by atoms with Crippen molar-refractivity contribution in [1.82, 2.24) is 4.90 Å². The van der Waals surface area contributed by atoms with Crippen molar-refractivity contribution in [3.63, 3.8) is 0 Å². The lowest BCUT2D eigenvalue weighted by Gasteiger charge is -2.20. The van der Waals surface area contributed by atoms with Crippen molar-refractivity contribution < 1.29 is 19.1 Å². The molecule has 1 aliphatic rings. The molecule has 0 radical (unpaired) electrons. The Morgan fingerprint density at radius 2 is 2.00 bits per heavy atom. The molecule has 1 aliphatic heterocycles. The van der Waals surface area contributed by atoms with Crippen molar-refractivity contribution in [2.24, 2.45) is 0 Å². The molecule has 2 N–H and O–H groups in total. The summed E-state index contributed by atoms with van der Waals surface area (Å²) in [5.41, 5.74) is 0. The van der Waals surface area contributed by atoms with Gasteiger partial charge in [-0.1, -0.05) is 6.42 Å². The summed E-state index contributed by atoms with van der Waals surface area (Å²) in [5, 5.41) is 0. The van der Waals surface area contributed by atoms with Gasteiger partial charge in [-0.2, -0.15) is 0 Å². The molecule has 1 fully saturated rings. The minimum atomic E-state index is -4.09. The van der Waals surface area contributed by atoms with Crippen molar-refractivity contribution in [2.45, 2.75) is 25.7 Å². The highest BCUT2D eigenvalue weighted by Crippen LogP contribution is 2.35. The van der Waals surface area contributed by atoms with Crippen molar-refractivity contribution in [1.29, 1.82) is 0 Å². The van der Waals surface area contributed by atoms with E-state index in [9.17, 15) is 9.36 Å². The zero-order valence-electron chi connectivity index (χ0n) is 7.35. The van der Waals surface area contributed by atoms with Crippen molar-refractivity contribution in [2.75, 3.05) is 12.8 Å². The van der Waals surface area contributed by atoms with Crippen molar-refractivity contribution >= 4 is 13.5 Å². The number of carbonyl (C=O) groups excluding carboxylic acids is 1. The van der Waals surface area contributed by atoms with Crippen LogP contribution in [-0.2, 0) is 9.36 Å². The van der Waals surface area contributed by atoms with Gasteiger partial charge in [0.25, 0.3) is 0 Å². The second-order valence-corrected chi connectivity index (χ2v) is 4.89. The molecule has 0 aliphatic carbocycles. The number of likely N-dealkylation sites (tertiary alicyclic amines) is 1. The molecule has 0 saturated carbocycles. The van der Waals surface area contributed by atoms with Gasteiger partial charge in [-0.25, -0.2) is 0 Å².